The number of aliphatic hydroxyl groups is 1. The summed E-state index contributed by atoms with van der Waals surface area (Å²) < 4.78 is 23.7. The van der Waals surface area contributed by atoms with Crippen LogP contribution in [0.3, 0.4) is 0 Å². The number of para-hydroxylation sites is 1. The quantitative estimate of drug-likeness (QED) is 0.235. The van der Waals surface area contributed by atoms with E-state index in [0.717, 1.165) is 80.1 Å². The van der Waals surface area contributed by atoms with Crippen LogP contribution in [0.15, 0.2) is 66.7 Å². The minimum atomic E-state index is -0.434. The topological polar surface area (TPSA) is 72.4 Å². The molecule has 0 radical (unpaired) electrons. The van der Waals surface area contributed by atoms with E-state index >= 15 is 0 Å². The molecule has 42 heavy (non-hydrogen) atoms. The molecule has 1 unspecified atom stereocenters. The monoisotopic (exact) mass is 574 g/mol. The first kappa shape index (κ1) is 30.4. The van der Waals surface area contributed by atoms with Gasteiger partial charge >= 0.3 is 0 Å². The van der Waals surface area contributed by atoms with Gasteiger partial charge in [-0.2, -0.15) is 0 Å². The summed E-state index contributed by atoms with van der Waals surface area (Å²) >= 11 is 0. The van der Waals surface area contributed by atoms with Gasteiger partial charge in [0, 0.05) is 36.7 Å². The Bertz CT molecular complexity index is 1250. The molecular formula is C35H46N2O5. The van der Waals surface area contributed by atoms with Gasteiger partial charge in [0.05, 0.1) is 39.6 Å². The molecule has 1 saturated heterocycles. The fourth-order valence-electron chi connectivity index (χ4n) is 6.02. The van der Waals surface area contributed by atoms with Crippen molar-refractivity contribution in [1.82, 2.24) is 5.32 Å². The summed E-state index contributed by atoms with van der Waals surface area (Å²) in [4.78, 5) is 2.14. The third kappa shape index (κ3) is 7.84. The van der Waals surface area contributed by atoms with Crippen LogP contribution in [0.1, 0.15) is 60.8 Å². The van der Waals surface area contributed by atoms with E-state index in [-0.39, 0.29) is 6.10 Å². The van der Waals surface area contributed by atoms with Crippen molar-refractivity contribution in [1.29, 1.82) is 0 Å². The maximum Gasteiger partial charge on any atom is 0.126 e. The van der Waals surface area contributed by atoms with Crippen molar-refractivity contribution in [2.75, 3.05) is 44.9 Å². The number of aryl methyl sites for hydroxylation is 1. The van der Waals surface area contributed by atoms with Crippen LogP contribution >= 0.6 is 0 Å². The predicted octanol–water partition coefficient (Wildman–Crippen LogP) is 5.82. The summed E-state index contributed by atoms with van der Waals surface area (Å²) in [6.07, 6.45) is 4.39. The molecule has 0 amide bonds. The second kappa shape index (κ2) is 15.4. The van der Waals surface area contributed by atoms with Crippen LogP contribution in [-0.2, 0) is 29.1 Å². The molecule has 3 aromatic rings. The van der Waals surface area contributed by atoms with E-state index in [9.17, 15) is 5.11 Å². The van der Waals surface area contributed by atoms with Crippen molar-refractivity contribution in [2.24, 2.45) is 0 Å². The predicted molar refractivity (Wildman–Crippen MR) is 166 cm³/mol. The third-order valence-electron chi connectivity index (χ3n) is 8.38. The van der Waals surface area contributed by atoms with Crippen LogP contribution < -0.4 is 19.7 Å². The van der Waals surface area contributed by atoms with Crippen molar-refractivity contribution in [2.45, 2.75) is 70.5 Å². The van der Waals surface area contributed by atoms with Gasteiger partial charge < -0.3 is 34.3 Å². The van der Waals surface area contributed by atoms with Gasteiger partial charge in [-0.15, -0.1) is 0 Å². The average molecular weight is 575 g/mol. The lowest BCUT2D eigenvalue weighted by Crippen LogP contribution is -2.41. The SMILES string of the molecule is CCC(O)N1CCCc2ccc(CO[C@H]3CNCC[C@@H]3c3ccc(OCCCOCc4ccccc4OC)cc3)cc21. The third-order valence-corrected chi connectivity index (χ3v) is 8.38. The largest absolute Gasteiger partial charge is 0.496 e. The van der Waals surface area contributed by atoms with E-state index in [0.29, 0.717) is 32.3 Å². The number of piperidine rings is 1. The Kier molecular flexibility index (Phi) is 11.1. The lowest BCUT2D eigenvalue weighted by Gasteiger charge is -2.35. The molecule has 0 aliphatic carbocycles. The van der Waals surface area contributed by atoms with Crippen LogP contribution in [0.5, 0.6) is 11.5 Å². The summed E-state index contributed by atoms with van der Waals surface area (Å²) in [7, 11) is 1.68. The molecule has 2 aliphatic heterocycles. The summed E-state index contributed by atoms with van der Waals surface area (Å²) in [5.41, 5.74) is 5.98. The number of fused-ring (bicyclic) bond motifs is 1. The van der Waals surface area contributed by atoms with E-state index in [1.807, 2.05) is 31.2 Å². The van der Waals surface area contributed by atoms with Crippen molar-refractivity contribution in [3.8, 4) is 11.5 Å². The number of ether oxygens (including phenoxy) is 4. The van der Waals surface area contributed by atoms with Crippen molar-refractivity contribution >= 4 is 5.69 Å². The van der Waals surface area contributed by atoms with Gasteiger partial charge in [-0.05, 0) is 73.2 Å². The van der Waals surface area contributed by atoms with Gasteiger partial charge in [0.1, 0.15) is 17.7 Å². The van der Waals surface area contributed by atoms with Crippen molar-refractivity contribution in [3.05, 3.63) is 89.0 Å². The Balaban J connectivity index is 1.09. The highest BCUT2D eigenvalue weighted by molar-refractivity contribution is 5.57. The molecule has 3 atom stereocenters. The zero-order chi connectivity index (χ0) is 29.1. The van der Waals surface area contributed by atoms with Crippen LogP contribution in [0.2, 0.25) is 0 Å². The Labute approximate surface area is 250 Å². The summed E-state index contributed by atoms with van der Waals surface area (Å²) in [5, 5.41) is 14.1. The Hall–Kier alpha value is -3.10. The summed E-state index contributed by atoms with van der Waals surface area (Å²) in [6.45, 7) is 7.09. The normalized spacial score (nSPS) is 19.3. The molecule has 2 heterocycles. The smallest absolute Gasteiger partial charge is 0.126 e. The molecule has 7 heteroatoms. The maximum atomic E-state index is 10.5. The van der Waals surface area contributed by atoms with Gasteiger partial charge in [0.15, 0.2) is 0 Å². The molecule has 0 spiro atoms. The van der Waals surface area contributed by atoms with Gasteiger partial charge in [-0.3, -0.25) is 0 Å². The minimum absolute atomic E-state index is 0.0965. The molecule has 0 bridgehead atoms. The molecule has 7 nitrogen and oxygen atoms in total. The van der Waals surface area contributed by atoms with Crippen LogP contribution in [0.25, 0.3) is 0 Å². The molecule has 5 rings (SSSR count). The zero-order valence-electron chi connectivity index (χ0n) is 25.1. The lowest BCUT2D eigenvalue weighted by molar-refractivity contribution is 0.0106. The molecule has 0 saturated carbocycles. The van der Waals surface area contributed by atoms with Gasteiger partial charge in [-0.1, -0.05) is 49.4 Å². The lowest BCUT2D eigenvalue weighted by atomic mass is 9.87. The molecular weight excluding hydrogens is 528 g/mol. The van der Waals surface area contributed by atoms with Crippen LogP contribution in [0, 0.1) is 0 Å². The number of aliphatic hydroxyl groups excluding tert-OH is 1. The Morgan fingerprint density at radius 2 is 1.88 bits per heavy atom. The molecule has 1 fully saturated rings. The van der Waals surface area contributed by atoms with E-state index in [1.165, 1.54) is 11.1 Å². The first-order valence-corrected chi connectivity index (χ1v) is 15.5. The van der Waals surface area contributed by atoms with E-state index in [4.69, 9.17) is 18.9 Å². The Morgan fingerprint density at radius 3 is 2.71 bits per heavy atom. The number of hydrogen-bond donors (Lipinski definition) is 2. The highest BCUT2D eigenvalue weighted by atomic mass is 16.5. The second-order valence-electron chi connectivity index (χ2n) is 11.2. The number of nitrogens with one attached hydrogen (secondary N) is 1. The Morgan fingerprint density at radius 1 is 1.02 bits per heavy atom. The van der Waals surface area contributed by atoms with Crippen LogP contribution in [0.4, 0.5) is 5.69 Å². The molecule has 2 aliphatic rings. The van der Waals surface area contributed by atoms with Gasteiger partial charge in [0.2, 0.25) is 0 Å². The number of rotatable bonds is 14. The molecule has 2 N–H and O–H groups in total. The highest BCUT2D eigenvalue weighted by Crippen LogP contribution is 2.32. The van der Waals surface area contributed by atoms with Gasteiger partial charge in [-0.25, -0.2) is 0 Å². The molecule has 0 aromatic heterocycles. The number of nitrogens with zero attached hydrogens (tertiary/aromatic N) is 1. The van der Waals surface area contributed by atoms with E-state index < -0.39 is 6.23 Å². The fraction of sp³-hybridized carbons (Fsp3) is 0.486. The number of hydrogen-bond acceptors (Lipinski definition) is 7. The summed E-state index contributed by atoms with van der Waals surface area (Å²) in [5.74, 6) is 2.07. The second-order valence-corrected chi connectivity index (χ2v) is 11.2. The standard InChI is InChI=1S/C35H46N2O5/c1-3-35(38)37-19-6-9-28-12-11-26(22-32(28)37)24-42-34-23-36-18-17-31(34)27-13-15-30(16-14-27)41-21-7-20-40-25-29-8-4-5-10-33(29)39-2/h4-5,8,10-16,22,31,34-36,38H,3,6-7,9,17-21,23-25H2,1-2H3/t31-,34+,35?/m1/s1. The van der Waals surface area contributed by atoms with Crippen LogP contribution in [-0.4, -0.2) is 57.4 Å². The average Bonchev–Trinajstić information content (AvgIpc) is 3.05. The van der Waals surface area contributed by atoms with Crippen molar-refractivity contribution < 1.29 is 24.1 Å². The zero-order valence-corrected chi connectivity index (χ0v) is 25.1. The first-order valence-electron chi connectivity index (χ1n) is 15.5. The minimum Gasteiger partial charge on any atom is -0.496 e. The first-order chi connectivity index (χ1) is 20.7. The highest BCUT2D eigenvalue weighted by Gasteiger charge is 2.28. The van der Waals surface area contributed by atoms with E-state index in [1.54, 1.807) is 7.11 Å². The number of anilines is 1. The van der Waals surface area contributed by atoms with E-state index in [2.05, 4.69) is 52.7 Å². The molecule has 226 valence electrons. The van der Waals surface area contributed by atoms with Gasteiger partial charge in [0.25, 0.3) is 0 Å². The maximum absolute atomic E-state index is 10.5. The number of benzene rings is 3. The van der Waals surface area contributed by atoms with Crippen molar-refractivity contribution in [3.63, 3.8) is 0 Å². The summed E-state index contributed by atoms with van der Waals surface area (Å²) in [6, 6.07) is 23.1. The molecule has 3 aromatic carbocycles. The number of methoxy groups -OCH3 is 1. The fourth-order valence-corrected chi connectivity index (χ4v) is 6.02.